The predicted octanol–water partition coefficient (Wildman–Crippen LogP) is 5.29. The molecule has 2 fully saturated rings. The van der Waals surface area contributed by atoms with Crippen LogP contribution in [-0.4, -0.2) is 51.9 Å². The van der Waals surface area contributed by atoms with Crippen LogP contribution in [-0.2, 0) is 17.8 Å². The van der Waals surface area contributed by atoms with E-state index < -0.39 is 76.6 Å². The number of pyridine rings is 1. The largest absolute Gasteiger partial charge is 0.431 e. The molecule has 3 atom stereocenters. The highest BCUT2D eigenvalue weighted by atomic mass is 19.4. The molecule has 3 aromatic rings. The number of fused-ring (bicyclic) bond motifs is 2. The summed E-state index contributed by atoms with van der Waals surface area (Å²) in [6.45, 7) is 1.99. The van der Waals surface area contributed by atoms with Crippen molar-refractivity contribution in [3.8, 4) is 23.0 Å². The first-order chi connectivity index (χ1) is 23.8. The number of carbonyl (C=O) groups is 2. The summed E-state index contributed by atoms with van der Waals surface area (Å²) in [5, 5.41) is 15.5. The Hall–Kier alpha value is -5.23. The lowest BCUT2D eigenvalue weighted by Crippen LogP contribution is -2.35. The molecule has 51 heavy (non-hydrogen) atoms. The summed E-state index contributed by atoms with van der Waals surface area (Å²) >= 11 is 0. The Morgan fingerprint density at radius 3 is 2.47 bits per heavy atom. The average Bonchev–Trinajstić information content (AvgIpc) is 3.70. The number of nitrogens with zero attached hydrogens (tertiary/aromatic N) is 2. The van der Waals surface area contributed by atoms with Gasteiger partial charge in [0.1, 0.15) is 40.9 Å². The summed E-state index contributed by atoms with van der Waals surface area (Å²) < 4.78 is 99.4. The topological polar surface area (TPSA) is 130 Å². The molecule has 15 heteroatoms. The number of alkyl halides is 5. The van der Waals surface area contributed by atoms with E-state index in [1.54, 1.807) is 24.3 Å². The van der Waals surface area contributed by atoms with Crippen LogP contribution >= 0.6 is 0 Å². The second-order valence-electron chi connectivity index (χ2n) is 13.1. The molecule has 5 N–H and O–H groups in total. The Bertz CT molecular complexity index is 2060. The number of hydrogen-bond acceptors (Lipinski definition) is 6. The number of hydrogen-bond donors (Lipinski definition) is 4. The lowest BCUT2D eigenvalue weighted by molar-refractivity contribution is -0.120. The maximum absolute atomic E-state index is 15.1. The summed E-state index contributed by atoms with van der Waals surface area (Å²) in [4.78, 5) is 34.2. The van der Waals surface area contributed by atoms with Crippen LogP contribution in [0.25, 0.3) is 11.1 Å². The SMILES string of the molecule is CC(C)(O)C#Cc1ccc(-c2cccc3c2CNC3=O)c([C@H](Cc2cc(F)cc(F)c2)NC(=O)CN=C2C(=C(N)C(F)(F)F)[C@H]3C[C@H]3C2(F)F)n1. The number of halogens is 7. The number of benzene rings is 2. The van der Waals surface area contributed by atoms with E-state index in [2.05, 4.69) is 32.5 Å². The first-order valence-corrected chi connectivity index (χ1v) is 15.7. The number of aromatic nitrogens is 1. The molecule has 0 radical (unpaired) electrons. The second-order valence-corrected chi connectivity index (χ2v) is 13.1. The van der Waals surface area contributed by atoms with E-state index >= 15 is 8.78 Å². The number of nitrogens with one attached hydrogen (secondary N) is 2. The summed E-state index contributed by atoms with van der Waals surface area (Å²) in [6.07, 6.45) is -5.61. The van der Waals surface area contributed by atoms with Gasteiger partial charge in [-0.25, -0.2) is 13.8 Å². The fourth-order valence-corrected chi connectivity index (χ4v) is 6.45. The van der Waals surface area contributed by atoms with Gasteiger partial charge in [0, 0.05) is 35.2 Å². The molecule has 0 bridgehead atoms. The van der Waals surface area contributed by atoms with Gasteiger partial charge in [-0.3, -0.25) is 14.6 Å². The van der Waals surface area contributed by atoms with Crippen LogP contribution in [0.15, 0.2) is 64.8 Å². The summed E-state index contributed by atoms with van der Waals surface area (Å²) in [7, 11) is 0. The lowest BCUT2D eigenvalue weighted by Gasteiger charge is -2.23. The smallest absolute Gasteiger partial charge is 0.394 e. The van der Waals surface area contributed by atoms with Gasteiger partial charge in [-0.1, -0.05) is 18.1 Å². The van der Waals surface area contributed by atoms with Gasteiger partial charge in [0.2, 0.25) is 5.91 Å². The molecule has 0 spiro atoms. The van der Waals surface area contributed by atoms with Crippen molar-refractivity contribution < 1.29 is 45.4 Å². The molecule has 2 amide bonds. The third-order valence-corrected chi connectivity index (χ3v) is 8.76. The fraction of sp³-hybridized carbons (Fsp3) is 0.333. The fourth-order valence-electron chi connectivity index (χ4n) is 6.45. The Labute approximate surface area is 287 Å². The molecule has 2 heterocycles. The third kappa shape index (κ3) is 7.32. The number of amides is 2. The van der Waals surface area contributed by atoms with Crippen LogP contribution in [0.3, 0.4) is 0 Å². The normalized spacial score (nSPS) is 21.3. The minimum absolute atomic E-state index is 0.0607. The van der Waals surface area contributed by atoms with Crippen molar-refractivity contribution in [1.29, 1.82) is 0 Å². The van der Waals surface area contributed by atoms with Crippen molar-refractivity contribution in [2.45, 2.75) is 57.0 Å². The number of allylic oxidation sites excluding steroid dienone is 2. The van der Waals surface area contributed by atoms with E-state index in [-0.39, 0.29) is 42.2 Å². The Kier molecular flexibility index (Phi) is 8.95. The molecule has 2 aromatic carbocycles. The predicted molar refractivity (Wildman–Crippen MR) is 171 cm³/mol. The molecule has 1 aliphatic heterocycles. The molecular formula is C36H30F7N5O3. The maximum Gasteiger partial charge on any atom is 0.431 e. The first-order valence-electron chi connectivity index (χ1n) is 15.7. The van der Waals surface area contributed by atoms with Gasteiger partial charge in [0.15, 0.2) is 0 Å². The molecule has 266 valence electrons. The van der Waals surface area contributed by atoms with Crippen molar-refractivity contribution >= 4 is 17.5 Å². The van der Waals surface area contributed by atoms with Gasteiger partial charge < -0.3 is 21.5 Å². The van der Waals surface area contributed by atoms with Crippen molar-refractivity contribution in [3.05, 3.63) is 99.5 Å². The average molecular weight is 714 g/mol. The second kappa shape index (κ2) is 12.8. The highest BCUT2D eigenvalue weighted by Crippen LogP contribution is 2.62. The molecule has 3 aliphatic rings. The minimum atomic E-state index is -5.10. The lowest BCUT2D eigenvalue weighted by atomic mass is 9.91. The number of aliphatic hydroxyl groups is 1. The van der Waals surface area contributed by atoms with Gasteiger partial charge in [-0.2, -0.15) is 22.0 Å². The highest BCUT2D eigenvalue weighted by Gasteiger charge is 2.68. The monoisotopic (exact) mass is 713 g/mol. The van der Waals surface area contributed by atoms with Crippen LogP contribution in [0, 0.1) is 35.3 Å². The molecular weight excluding hydrogens is 683 g/mol. The van der Waals surface area contributed by atoms with E-state index in [0.29, 0.717) is 28.3 Å². The van der Waals surface area contributed by atoms with Gasteiger partial charge >= 0.3 is 6.18 Å². The zero-order valence-electron chi connectivity index (χ0n) is 27.1. The van der Waals surface area contributed by atoms with Crippen molar-refractivity contribution in [2.24, 2.45) is 22.6 Å². The number of rotatable bonds is 7. The minimum Gasteiger partial charge on any atom is -0.394 e. The summed E-state index contributed by atoms with van der Waals surface area (Å²) in [6, 6.07) is 9.49. The molecule has 2 aliphatic carbocycles. The van der Waals surface area contributed by atoms with Crippen LogP contribution in [0.4, 0.5) is 30.7 Å². The zero-order valence-corrected chi connectivity index (χ0v) is 27.1. The number of aliphatic imine (C=N–C) groups is 1. The van der Waals surface area contributed by atoms with Crippen molar-refractivity contribution in [1.82, 2.24) is 15.6 Å². The van der Waals surface area contributed by atoms with E-state index in [1.165, 1.54) is 19.9 Å². The van der Waals surface area contributed by atoms with Crippen LogP contribution < -0.4 is 16.4 Å². The van der Waals surface area contributed by atoms with Crippen molar-refractivity contribution in [2.75, 3.05) is 6.54 Å². The van der Waals surface area contributed by atoms with Crippen molar-refractivity contribution in [3.63, 3.8) is 0 Å². The van der Waals surface area contributed by atoms with E-state index in [4.69, 9.17) is 5.73 Å². The van der Waals surface area contributed by atoms with E-state index in [1.807, 2.05) is 0 Å². The molecule has 8 nitrogen and oxygen atoms in total. The van der Waals surface area contributed by atoms with Crippen LogP contribution in [0.2, 0.25) is 0 Å². The first kappa shape index (κ1) is 35.6. The molecule has 0 unspecified atom stereocenters. The molecule has 1 aromatic heterocycles. The molecule has 6 rings (SSSR count). The van der Waals surface area contributed by atoms with Gasteiger partial charge in [0.05, 0.1) is 11.7 Å². The van der Waals surface area contributed by atoms with Gasteiger partial charge in [-0.05, 0) is 85.5 Å². The Balaban J connectivity index is 1.44. The van der Waals surface area contributed by atoms with Crippen LogP contribution in [0.1, 0.15) is 59.2 Å². The number of nitrogens with two attached hydrogens (primary N) is 1. The van der Waals surface area contributed by atoms with Gasteiger partial charge in [0.25, 0.3) is 11.8 Å². The highest BCUT2D eigenvalue weighted by molar-refractivity contribution is 6.11. The standard InChI is InChI=1S/C36H30F7N5O3/c1-34(2,51)9-8-20-6-7-22(21-4-3-5-23-25(21)15-46-33(23)50)30(47-20)27(12-17-10-18(37)13-19(38)11-17)48-28(49)16-45-32-29(31(44)36(41,42)43)24-14-26(24)35(32,39)40/h3-7,10-11,13,24,26-27,51H,12,14-16,44H2,1-2H3,(H,46,50)(H,48,49)/t24-,26+,27-/m0/s1. The Morgan fingerprint density at radius 1 is 1.12 bits per heavy atom. The number of carbonyl (C=O) groups excluding carboxylic acids is 2. The van der Waals surface area contributed by atoms with E-state index in [9.17, 15) is 36.6 Å². The van der Waals surface area contributed by atoms with Gasteiger partial charge in [-0.15, -0.1) is 0 Å². The summed E-state index contributed by atoms with van der Waals surface area (Å²) in [5.74, 6) is -4.15. The third-order valence-electron chi connectivity index (χ3n) is 8.76. The van der Waals surface area contributed by atoms with E-state index in [0.717, 1.165) is 12.1 Å². The molecule has 2 saturated carbocycles. The van der Waals surface area contributed by atoms with Crippen LogP contribution in [0.5, 0.6) is 0 Å². The maximum atomic E-state index is 15.1. The zero-order chi connectivity index (χ0) is 37.0. The quantitative estimate of drug-likeness (QED) is 0.195. The summed E-state index contributed by atoms with van der Waals surface area (Å²) in [5.41, 5.74) is 2.22. The molecule has 0 saturated heterocycles. The Morgan fingerprint density at radius 2 is 1.80 bits per heavy atom.